The molecule has 2 N–H and O–H groups in total. The number of hydrogen-bond donors (Lipinski definition) is 1. The number of aryl methyl sites for hydroxylation is 1. The van der Waals surface area contributed by atoms with Crippen molar-refractivity contribution in [2.24, 2.45) is 5.73 Å². The summed E-state index contributed by atoms with van der Waals surface area (Å²) in [5.74, 6) is 1.80. The Morgan fingerprint density at radius 1 is 1.62 bits per heavy atom. The quantitative estimate of drug-likeness (QED) is 0.751. The van der Waals surface area contributed by atoms with Crippen LogP contribution in [0.15, 0.2) is 0 Å². The Morgan fingerprint density at radius 2 is 2.38 bits per heavy atom. The minimum Gasteiger partial charge on any atom is -0.337 e. The van der Waals surface area contributed by atoms with Gasteiger partial charge in [-0.15, -0.1) is 10.2 Å². The maximum Gasteiger partial charge on any atom is 0.239 e. The normalized spacial score (nSPS) is 15.9. The molecule has 0 aliphatic carbocycles. The molecular weight excluding hydrogens is 206 g/mol. The zero-order valence-electron chi connectivity index (χ0n) is 9.68. The predicted molar refractivity (Wildman–Crippen MR) is 58.5 cm³/mol. The van der Waals surface area contributed by atoms with Crippen molar-refractivity contribution < 1.29 is 4.79 Å². The van der Waals surface area contributed by atoms with Crippen LogP contribution in [0.4, 0.5) is 0 Å². The van der Waals surface area contributed by atoms with Crippen molar-refractivity contribution >= 4 is 5.91 Å². The highest BCUT2D eigenvalue weighted by atomic mass is 16.2. The number of rotatable bonds is 3. The molecule has 0 bridgehead atoms. The molecule has 6 heteroatoms. The molecule has 0 saturated carbocycles. The van der Waals surface area contributed by atoms with Gasteiger partial charge >= 0.3 is 0 Å². The Morgan fingerprint density at radius 3 is 3.06 bits per heavy atom. The molecule has 1 atom stereocenters. The number of nitrogens with two attached hydrogens (primary N) is 1. The topological polar surface area (TPSA) is 77.0 Å². The molecule has 0 spiro atoms. The van der Waals surface area contributed by atoms with Gasteiger partial charge in [0.25, 0.3) is 0 Å². The van der Waals surface area contributed by atoms with E-state index in [1.54, 1.807) is 18.9 Å². The first-order chi connectivity index (χ1) is 7.59. The molecule has 0 fully saturated rings. The van der Waals surface area contributed by atoms with Gasteiger partial charge in [0.05, 0.1) is 12.6 Å². The molecular formula is C10H17N5O. The number of nitrogens with zero attached hydrogens (tertiary/aromatic N) is 4. The zero-order chi connectivity index (χ0) is 11.7. The molecule has 0 unspecified atom stereocenters. The molecule has 0 saturated heterocycles. The Bertz CT molecular complexity index is 398. The predicted octanol–water partition coefficient (Wildman–Crippen LogP) is -0.470. The lowest BCUT2D eigenvalue weighted by Crippen LogP contribution is -2.39. The van der Waals surface area contributed by atoms with E-state index in [0.29, 0.717) is 6.54 Å². The van der Waals surface area contributed by atoms with Gasteiger partial charge in [-0.25, -0.2) is 0 Å². The van der Waals surface area contributed by atoms with Gasteiger partial charge in [-0.2, -0.15) is 0 Å². The van der Waals surface area contributed by atoms with E-state index >= 15 is 0 Å². The summed E-state index contributed by atoms with van der Waals surface area (Å²) < 4.78 is 2.09. The standard InChI is InChI=1S/C10H17N5O/c1-7(11)10(16)14(2)6-9-13-12-8-4-3-5-15(8)9/h7H,3-6,11H2,1-2H3/t7-/m0/s1. The average molecular weight is 223 g/mol. The largest absolute Gasteiger partial charge is 0.337 e. The average Bonchev–Trinajstić information content (AvgIpc) is 2.81. The summed E-state index contributed by atoms with van der Waals surface area (Å²) in [5, 5.41) is 8.20. The van der Waals surface area contributed by atoms with E-state index in [1.165, 1.54) is 0 Å². The second-order valence-corrected chi connectivity index (χ2v) is 4.27. The fourth-order valence-electron chi connectivity index (χ4n) is 1.97. The van der Waals surface area contributed by atoms with Gasteiger partial charge in [-0.1, -0.05) is 0 Å². The number of likely N-dealkylation sites (N-methyl/N-ethyl adjacent to an activating group) is 1. The van der Waals surface area contributed by atoms with E-state index in [2.05, 4.69) is 14.8 Å². The fourth-order valence-corrected chi connectivity index (χ4v) is 1.97. The van der Waals surface area contributed by atoms with Crippen LogP contribution in [0.1, 0.15) is 25.0 Å². The number of hydrogen-bond acceptors (Lipinski definition) is 4. The third-order valence-corrected chi connectivity index (χ3v) is 2.83. The molecule has 88 valence electrons. The first-order valence-electron chi connectivity index (χ1n) is 5.51. The Labute approximate surface area is 94.4 Å². The number of carbonyl (C=O) groups is 1. The second-order valence-electron chi connectivity index (χ2n) is 4.27. The maximum absolute atomic E-state index is 11.6. The summed E-state index contributed by atoms with van der Waals surface area (Å²) in [7, 11) is 1.74. The second kappa shape index (κ2) is 4.21. The lowest BCUT2D eigenvalue weighted by Gasteiger charge is -2.18. The molecule has 1 aliphatic heterocycles. The lowest BCUT2D eigenvalue weighted by molar-refractivity contribution is -0.131. The molecule has 1 aliphatic rings. The highest BCUT2D eigenvalue weighted by Gasteiger charge is 2.20. The molecule has 0 radical (unpaired) electrons. The number of amides is 1. The Balaban J connectivity index is 2.07. The summed E-state index contributed by atoms with van der Waals surface area (Å²) in [5.41, 5.74) is 5.54. The lowest BCUT2D eigenvalue weighted by atomic mass is 10.3. The highest BCUT2D eigenvalue weighted by Crippen LogP contribution is 2.14. The van der Waals surface area contributed by atoms with Gasteiger partial charge in [0, 0.05) is 20.0 Å². The van der Waals surface area contributed by atoms with Crippen LogP contribution in [0.25, 0.3) is 0 Å². The van der Waals surface area contributed by atoms with Crippen molar-refractivity contribution in [3.8, 4) is 0 Å². The van der Waals surface area contributed by atoms with Gasteiger partial charge in [0.2, 0.25) is 5.91 Å². The zero-order valence-corrected chi connectivity index (χ0v) is 9.68. The fraction of sp³-hybridized carbons (Fsp3) is 0.700. The van der Waals surface area contributed by atoms with Crippen LogP contribution in [0.5, 0.6) is 0 Å². The summed E-state index contributed by atoms with van der Waals surface area (Å²) in [6.45, 7) is 3.12. The molecule has 6 nitrogen and oxygen atoms in total. The Kier molecular flexibility index (Phi) is 2.91. The van der Waals surface area contributed by atoms with E-state index in [-0.39, 0.29) is 5.91 Å². The maximum atomic E-state index is 11.6. The first-order valence-corrected chi connectivity index (χ1v) is 5.51. The minimum absolute atomic E-state index is 0.0738. The molecule has 2 heterocycles. The van der Waals surface area contributed by atoms with Crippen LogP contribution in [0.2, 0.25) is 0 Å². The van der Waals surface area contributed by atoms with Crippen molar-refractivity contribution in [1.82, 2.24) is 19.7 Å². The third-order valence-electron chi connectivity index (χ3n) is 2.83. The monoisotopic (exact) mass is 223 g/mol. The SMILES string of the molecule is C[C@H](N)C(=O)N(C)Cc1nnc2n1CCC2. The molecule has 2 rings (SSSR count). The summed E-state index contributed by atoms with van der Waals surface area (Å²) >= 11 is 0. The number of fused-ring (bicyclic) bond motifs is 1. The number of carbonyl (C=O) groups excluding carboxylic acids is 1. The molecule has 16 heavy (non-hydrogen) atoms. The van der Waals surface area contributed by atoms with E-state index in [9.17, 15) is 4.79 Å². The van der Waals surface area contributed by atoms with Crippen LogP contribution in [-0.4, -0.2) is 38.7 Å². The van der Waals surface area contributed by atoms with Crippen molar-refractivity contribution in [1.29, 1.82) is 0 Å². The van der Waals surface area contributed by atoms with E-state index in [0.717, 1.165) is 31.0 Å². The molecule has 0 aromatic carbocycles. The minimum atomic E-state index is -0.467. The highest BCUT2D eigenvalue weighted by molar-refractivity contribution is 5.80. The van der Waals surface area contributed by atoms with Crippen LogP contribution in [-0.2, 0) is 24.3 Å². The molecule has 1 aromatic heterocycles. The van der Waals surface area contributed by atoms with Crippen LogP contribution in [0, 0.1) is 0 Å². The van der Waals surface area contributed by atoms with Crippen LogP contribution < -0.4 is 5.73 Å². The third kappa shape index (κ3) is 1.92. The molecule has 1 amide bonds. The van der Waals surface area contributed by atoms with Crippen LogP contribution in [0.3, 0.4) is 0 Å². The van der Waals surface area contributed by atoms with E-state index in [4.69, 9.17) is 5.73 Å². The summed E-state index contributed by atoms with van der Waals surface area (Å²) in [4.78, 5) is 13.2. The number of aromatic nitrogens is 3. The Hall–Kier alpha value is -1.43. The smallest absolute Gasteiger partial charge is 0.239 e. The van der Waals surface area contributed by atoms with Gasteiger partial charge in [-0.3, -0.25) is 4.79 Å². The molecule has 1 aromatic rings. The van der Waals surface area contributed by atoms with Crippen molar-refractivity contribution in [3.05, 3.63) is 11.6 Å². The van der Waals surface area contributed by atoms with Gasteiger partial charge in [0.15, 0.2) is 5.82 Å². The van der Waals surface area contributed by atoms with Gasteiger partial charge in [0.1, 0.15) is 5.82 Å². The van der Waals surface area contributed by atoms with Crippen molar-refractivity contribution in [2.75, 3.05) is 7.05 Å². The van der Waals surface area contributed by atoms with Crippen molar-refractivity contribution in [2.45, 2.75) is 38.9 Å². The summed E-state index contributed by atoms with van der Waals surface area (Å²) in [6, 6.07) is -0.467. The summed E-state index contributed by atoms with van der Waals surface area (Å²) in [6.07, 6.45) is 2.10. The van der Waals surface area contributed by atoms with E-state index in [1.807, 2.05) is 0 Å². The van der Waals surface area contributed by atoms with Gasteiger partial charge < -0.3 is 15.2 Å². The van der Waals surface area contributed by atoms with Crippen molar-refractivity contribution in [3.63, 3.8) is 0 Å². The van der Waals surface area contributed by atoms with Crippen LogP contribution >= 0.6 is 0 Å². The van der Waals surface area contributed by atoms with Gasteiger partial charge in [-0.05, 0) is 13.3 Å². The first kappa shape index (κ1) is 11.1. The van der Waals surface area contributed by atoms with E-state index < -0.39 is 6.04 Å².